The van der Waals surface area contributed by atoms with Crippen LogP contribution in [-0.4, -0.2) is 21.6 Å². The van der Waals surface area contributed by atoms with Crippen molar-refractivity contribution in [2.75, 3.05) is 0 Å². The maximum Gasteiger partial charge on any atom is 0.248 e. The molecule has 2 aliphatic carbocycles. The van der Waals surface area contributed by atoms with E-state index in [1.165, 1.54) is 19.3 Å². The van der Waals surface area contributed by atoms with Crippen molar-refractivity contribution in [2.24, 2.45) is 5.73 Å². The van der Waals surface area contributed by atoms with E-state index in [4.69, 9.17) is 10.3 Å². The van der Waals surface area contributed by atoms with E-state index >= 15 is 0 Å². The molecule has 2 saturated carbocycles. The molecule has 122 valence electrons. The Morgan fingerprint density at radius 2 is 1.95 bits per heavy atom. The van der Waals surface area contributed by atoms with Crippen molar-refractivity contribution in [1.82, 2.24) is 15.5 Å². The van der Waals surface area contributed by atoms with E-state index in [9.17, 15) is 4.79 Å². The summed E-state index contributed by atoms with van der Waals surface area (Å²) in [6.45, 7) is 1.87. The molecule has 6 nitrogen and oxygen atoms in total. The molecule has 1 amide bonds. The number of aromatic nitrogens is 2. The zero-order valence-electron chi connectivity index (χ0n) is 13.3. The van der Waals surface area contributed by atoms with Gasteiger partial charge in [0.15, 0.2) is 5.82 Å². The summed E-state index contributed by atoms with van der Waals surface area (Å²) in [5.74, 6) is 1.58. The van der Waals surface area contributed by atoms with Crippen LogP contribution in [0.25, 0.3) is 0 Å². The Bertz CT molecular complexity index is 516. The Labute approximate surface area is 131 Å². The summed E-state index contributed by atoms with van der Waals surface area (Å²) < 4.78 is 5.36. The summed E-state index contributed by atoms with van der Waals surface area (Å²) in [5.41, 5.74) is 5.45. The number of nitrogens with two attached hydrogens (primary N) is 1. The number of carbonyl (C=O) groups excluding carboxylic acids is 1. The van der Waals surface area contributed by atoms with Gasteiger partial charge in [-0.05, 0) is 32.6 Å². The van der Waals surface area contributed by atoms with Crippen LogP contribution in [0.4, 0.5) is 0 Å². The highest BCUT2D eigenvalue weighted by Crippen LogP contribution is 2.31. The molecule has 1 aromatic heterocycles. The van der Waals surface area contributed by atoms with Gasteiger partial charge in [0.05, 0.1) is 5.54 Å². The first-order valence-corrected chi connectivity index (χ1v) is 8.52. The molecule has 0 bridgehead atoms. The smallest absolute Gasteiger partial charge is 0.248 e. The van der Waals surface area contributed by atoms with Crippen LogP contribution in [0.3, 0.4) is 0 Å². The molecule has 2 aliphatic rings. The Morgan fingerprint density at radius 1 is 1.27 bits per heavy atom. The molecule has 1 unspecified atom stereocenters. The van der Waals surface area contributed by atoms with Gasteiger partial charge >= 0.3 is 0 Å². The van der Waals surface area contributed by atoms with Crippen molar-refractivity contribution < 1.29 is 9.32 Å². The lowest BCUT2D eigenvalue weighted by Crippen LogP contribution is -2.52. The number of nitrogens with zero attached hydrogens (tertiary/aromatic N) is 2. The summed E-state index contributed by atoms with van der Waals surface area (Å²) in [6.07, 6.45) is 9.57. The van der Waals surface area contributed by atoms with Gasteiger partial charge in [-0.15, -0.1) is 0 Å². The SMILES string of the molecule is CC(NC(=O)C1(N)CCCC1)c1nc(C2CCCCC2)no1. The van der Waals surface area contributed by atoms with Crippen molar-refractivity contribution >= 4 is 5.91 Å². The molecule has 0 spiro atoms. The molecule has 3 N–H and O–H groups in total. The lowest BCUT2D eigenvalue weighted by molar-refractivity contribution is -0.127. The second kappa shape index (κ2) is 6.36. The van der Waals surface area contributed by atoms with E-state index in [-0.39, 0.29) is 11.9 Å². The lowest BCUT2D eigenvalue weighted by Gasteiger charge is -2.23. The first-order valence-electron chi connectivity index (χ1n) is 8.52. The fourth-order valence-electron chi connectivity index (χ4n) is 3.58. The highest BCUT2D eigenvalue weighted by atomic mass is 16.5. The van der Waals surface area contributed by atoms with E-state index < -0.39 is 5.54 Å². The van der Waals surface area contributed by atoms with Gasteiger partial charge < -0.3 is 15.6 Å². The second-order valence-electron chi connectivity index (χ2n) is 6.88. The van der Waals surface area contributed by atoms with Gasteiger partial charge in [-0.3, -0.25) is 4.79 Å². The van der Waals surface area contributed by atoms with Crippen LogP contribution in [0.1, 0.15) is 88.4 Å². The minimum Gasteiger partial charge on any atom is -0.343 e. The zero-order valence-corrected chi connectivity index (χ0v) is 13.3. The highest BCUT2D eigenvalue weighted by Gasteiger charge is 2.38. The zero-order chi connectivity index (χ0) is 15.6. The summed E-state index contributed by atoms with van der Waals surface area (Å²) >= 11 is 0. The number of hydrogen-bond acceptors (Lipinski definition) is 5. The topological polar surface area (TPSA) is 94.0 Å². The number of hydrogen-bond donors (Lipinski definition) is 2. The van der Waals surface area contributed by atoms with E-state index in [0.717, 1.165) is 44.3 Å². The normalized spacial score (nSPS) is 23.4. The van der Waals surface area contributed by atoms with Crippen molar-refractivity contribution in [1.29, 1.82) is 0 Å². The summed E-state index contributed by atoms with van der Waals surface area (Å²) in [5, 5.41) is 7.05. The molecule has 3 rings (SSSR count). The first-order chi connectivity index (χ1) is 10.6. The largest absolute Gasteiger partial charge is 0.343 e. The molecule has 2 fully saturated rings. The Kier molecular flexibility index (Phi) is 4.47. The molecular formula is C16H26N4O2. The Hall–Kier alpha value is -1.43. The number of amides is 1. The monoisotopic (exact) mass is 306 g/mol. The van der Waals surface area contributed by atoms with Crippen LogP contribution in [0.5, 0.6) is 0 Å². The van der Waals surface area contributed by atoms with Gasteiger partial charge in [0, 0.05) is 5.92 Å². The minimum absolute atomic E-state index is 0.102. The van der Waals surface area contributed by atoms with Gasteiger partial charge in [0.2, 0.25) is 11.8 Å². The lowest BCUT2D eigenvalue weighted by atomic mass is 9.89. The van der Waals surface area contributed by atoms with E-state index in [2.05, 4.69) is 15.5 Å². The van der Waals surface area contributed by atoms with Crippen LogP contribution >= 0.6 is 0 Å². The maximum atomic E-state index is 12.3. The summed E-state index contributed by atoms with van der Waals surface area (Å²) in [6, 6.07) is -0.293. The molecule has 0 radical (unpaired) electrons. The van der Waals surface area contributed by atoms with Gasteiger partial charge in [0.25, 0.3) is 0 Å². The van der Waals surface area contributed by atoms with Crippen LogP contribution in [0.2, 0.25) is 0 Å². The minimum atomic E-state index is -0.722. The number of carbonyl (C=O) groups is 1. The second-order valence-corrected chi connectivity index (χ2v) is 6.88. The van der Waals surface area contributed by atoms with Crippen LogP contribution in [0.15, 0.2) is 4.52 Å². The average molecular weight is 306 g/mol. The van der Waals surface area contributed by atoms with Gasteiger partial charge in [0.1, 0.15) is 6.04 Å². The molecule has 22 heavy (non-hydrogen) atoms. The quantitative estimate of drug-likeness (QED) is 0.891. The van der Waals surface area contributed by atoms with Crippen molar-refractivity contribution in [3.05, 3.63) is 11.7 Å². The fourth-order valence-corrected chi connectivity index (χ4v) is 3.58. The third kappa shape index (κ3) is 3.16. The predicted molar refractivity (Wildman–Crippen MR) is 82.1 cm³/mol. The molecule has 0 saturated heterocycles. The van der Waals surface area contributed by atoms with E-state index in [1.54, 1.807) is 0 Å². The third-order valence-electron chi connectivity index (χ3n) is 5.09. The van der Waals surface area contributed by atoms with Crippen molar-refractivity contribution in [2.45, 2.75) is 82.2 Å². The van der Waals surface area contributed by atoms with Gasteiger partial charge in [-0.2, -0.15) is 4.98 Å². The molecule has 1 atom stereocenters. The molecule has 1 aromatic rings. The molecular weight excluding hydrogens is 280 g/mol. The first kappa shape index (κ1) is 15.5. The third-order valence-corrected chi connectivity index (χ3v) is 5.09. The Morgan fingerprint density at radius 3 is 2.64 bits per heavy atom. The van der Waals surface area contributed by atoms with Crippen LogP contribution in [0, 0.1) is 0 Å². The van der Waals surface area contributed by atoms with E-state index in [1.807, 2.05) is 6.92 Å². The van der Waals surface area contributed by atoms with Crippen molar-refractivity contribution in [3.63, 3.8) is 0 Å². The van der Waals surface area contributed by atoms with Gasteiger partial charge in [-0.25, -0.2) is 0 Å². The van der Waals surface area contributed by atoms with Gasteiger partial charge in [-0.1, -0.05) is 37.3 Å². The number of rotatable bonds is 4. The maximum absolute atomic E-state index is 12.3. The van der Waals surface area contributed by atoms with Crippen molar-refractivity contribution in [3.8, 4) is 0 Å². The standard InChI is InChI=1S/C16H26N4O2/c1-11(18-15(21)16(17)9-5-6-10-16)14-19-13(20-22-14)12-7-3-2-4-8-12/h11-12H,2-10,17H2,1H3,(H,18,21). The summed E-state index contributed by atoms with van der Waals surface area (Å²) in [4.78, 5) is 16.8. The highest BCUT2D eigenvalue weighted by molar-refractivity contribution is 5.86. The Balaban J connectivity index is 1.61. The van der Waals surface area contributed by atoms with Crippen LogP contribution in [-0.2, 0) is 4.79 Å². The predicted octanol–water partition coefficient (Wildman–Crippen LogP) is 2.57. The molecule has 0 aromatic carbocycles. The summed E-state index contributed by atoms with van der Waals surface area (Å²) in [7, 11) is 0. The molecule has 1 heterocycles. The number of nitrogens with one attached hydrogen (secondary N) is 1. The molecule has 6 heteroatoms. The average Bonchev–Trinajstić information content (AvgIpc) is 3.18. The van der Waals surface area contributed by atoms with E-state index in [0.29, 0.717) is 11.8 Å². The molecule has 0 aliphatic heterocycles. The van der Waals surface area contributed by atoms with Crippen LogP contribution < -0.4 is 11.1 Å². The fraction of sp³-hybridized carbons (Fsp3) is 0.812.